The summed E-state index contributed by atoms with van der Waals surface area (Å²) in [5.74, 6) is -3.77. The Morgan fingerprint density at radius 3 is 2.40 bits per heavy atom. The Bertz CT molecular complexity index is 1030. The Kier molecular flexibility index (Phi) is 8.57. The van der Waals surface area contributed by atoms with Crippen LogP contribution in [0.3, 0.4) is 0 Å². The van der Waals surface area contributed by atoms with Crippen molar-refractivity contribution in [3.8, 4) is 0 Å². The molecule has 3 heterocycles. The van der Waals surface area contributed by atoms with Gasteiger partial charge in [-0.05, 0) is 24.8 Å². The third-order valence-corrected chi connectivity index (χ3v) is 7.41. The summed E-state index contributed by atoms with van der Waals surface area (Å²) in [4.78, 5) is 21.8. The van der Waals surface area contributed by atoms with Gasteiger partial charge in [-0.1, -0.05) is 30.3 Å². The number of amides is 1. The van der Waals surface area contributed by atoms with E-state index in [4.69, 9.17) is 56.4 Å². The lowest BCUT2D eigenvalue weighted by Gasteiger charge is -2.47. The standard InChI is InChI=1S/C24H35F2N5O9/c25-23(26)17(14(28)8-15(29)18(23)37-20-16(32)24(30)21(38-24)40-39-20)36-19-13(27)7-6-12(35-19)9-31-22(33)34-10-11-4-2-1-3-5-11/h1-5,12-21,32H,6-10,27-30H2,(H,31,33). The SMILES string of the molecule is NC1CCC(CNC(=O)OCc2ccccc2)OC1OC1C(N)CC(N)C(OC2OOC3OC3(N)C2O)C1(F)F. The summed E-state index contributed by atoms with van der Waals surface area (Å²) >= 11 is 0. The molecular formula is C24H35F2N5O9. The van der Waals surface area contributed by atoms with Gasteiger partial charge < -0.3 is 51.3 Å². The van der Waals surface area contributed by atoms with Crippen molar-refractivity contribution < 1.29 is 52.1 Å². The predicted octanol–water partition coefficient (Wildman–Crippen LogP) is -1.13. The topological polar surface area (TPSA) is 221 Å². The third kappa shape index (κ3) is 6.07. The average molecular weight is 576 g/mol. The van der Waals surface area contributed by atoms with Crippen LogP contribution in [0.1, 0.15) is 24.8 Å². The average Bonchev–Trinajstić information content (AvgIpc) is 3.62. The summed E-state index contributed by atoms with van der Waals surface area (Å²) in [6, 6.07) is 5.96. The number of fused-ring (bicyclic) bond motifs is 1. The van der Waals surface area contributed by atoms with Crippen molar-refractivity contribution in [2.24, 2.45) is 22.9 Å². The maximum absolute atomic E-state index is 15.8. The number of alkyl carbamates (subject to hydrolysis) is 1. The zero-order valence-corrected chi connectivity index (χ0v) is 21.5. The summed E-state index contributed by atoms with van der Waals surface area (Å²) in [5, 5.41) is 12.9. The van der Waals surface area contributed by atoms with E-state index in [1.54, 1.807) is 0 Å². The fourth-order valence-electron chi connectivity index (χ4n) is 5.02. The maximum Gasteiger partial charge on any atom is 0.407 e. The molecular weight excluding hydrogens is 540 g/mol. The van der Waals surface area contributed by atoms with Crippen LogP contribution in [0.4, 0.5) is 13.6 Å². The molecule has 0 aromatic heterocycles. The van der Waals surface area contributed by atoms with E-state index < -0.39 is 79.2 Å². The summed E-state index contributed by atoms with van der Waals surface area (Å²) in [5.41, 5.74) is 23.1. The number of hydrogen-bond donors (Lipinski definition) is 6. The molecule has 0 spiro atoms. The third-order valence-electron chi connectivity index (χ3n) is 7.41. The lowest BCUT2D eigenvalue weighted by Crippen LogP contribution is -2.69. The summed E-state index contributed by atoms with van der Waals surface area (Å²) < 4.78 is 58.5. The largest absolute Gasteiger partial charge is 0.445 e. The second-order valence-corrected chi connectivity index (χ2v) is 10.5. The van der Waals surface area contributed by atoms with Crippen LogP contribution in [-0.2, 0) is 40.1 Å². The number of benzene rings is 1. The molecule has 224 valence electrons. The van der Waals surface area contributed by atoms with Crippen molar-refractivity contribution in [1.29, 1.82) is 0 Å². The molecule has 0 bridgehead atoms. The monoisotopic (exact) mass is 575 g/mol. The van der Waals surface area contributed by atoms with Crippen molar-refractivity contribution in [1.82, 2.24) is 5.32 Å². The highest BCUT2D eigenvalue weighted by atomic mass is 19.3. The second kappa shape index (κ2) is 11.7. The minimum atomic E-state index is -3.77. The van der Waals surface area contributed by atoms with E-state index in [0.717, 1.165) is 5.56 Å². The number of carbonyl (C=O) groups excluding carboxylic acids is 1. The molecule has 11 unspecified atom stereocenters. The van der Waals surface area contributed by atoms with Crippen molar-refractivity contribution in [2.45, 2.75) is 98.9 Å². The van der Waals surface area contributed by atoms with Gasteiger partial charge in [0.1, 0.15) is 18.8 Å². The van der Waals surface area contributed by atoms with Gasteiger partial charge in [-0.25, -0.2) is 13.6 Å². The van der Waals surface area contributed by atoms with Crippen molar-refractivity contribution in [3.05, 3.63) is 35.9 Å². The number of ether oxygens (including phenoxy) is 5. The van der Waals surface area contributed by atoms with Gasteiger partial charge in [0.25, 0.3) is 0 Å². The molecule has 3 saturated heterocycles. The fourth-order valence-corrected chi connectivity index (χ4v) is 5.02. The van der Waals surface area contributed by atoms with E-state index >= 15 is 8.78 Å². The zero-order valence-electron chi connectivity index (χ0n) is 21.5. The Hall–Kier alpha value is -2.09. The first-order valence-electron chi connectivity index (χ1n) is 13.0. The molecule has 1 aliphatic carbocycles. The molecule has 3 aliphatic heterocycles. The number of nitrogens with two attached hydrogens (primary N) is 4. The second-order valence-electron chi connectivity index (χ2n) is 10.5. The Labute approximate surface area is 228 Å². The summed E-state index contributed by atoms with van der Waals surface area (Å²) in [7, 11) is 0. The smallest absolute Gasteiger partial charge is 0.407 e. The van der Waals surface area contributed by atoms with Gasteiger partial charge in [-0.15, -0.1) is 0 Å². The molecule has 1 amide bonds. The molecule has 1 aromatic rings. The number of carbonyl (C=O) groups is 1. The molecule has 11 atom stereocenters. The molecule has 10 N–H and O–H groups in total. The Balaban J connectivity index is 1.16. The van der Waals surface area contributed by atoms with E-state index in [1.807, 2.05) is 30.3 Å². The summed E-state index contributed by atoms with van der Waals surface area (Å²) in [6.07, 6.45) is -10.0. The van der Waals surface area contributed by atoms with E-state index in [2.05, 4.69) is 5.32 Å². The van der Waals surface area contributed by atoms with E-state index in [9.17, 15) is 9.90 Å². The zero-order chi connectivity index (χ0) is 28.7. The van der Waals surface area contributed by atoms with Crippen LogP contribution >= 0.6 is 0 Å². The lowest BCUT2D eigenvalue weighted by atomic mass is 9.83. The Morgan fingerprint density at radius 2 is 1.70 bits per heavy atom. The highest BCUT2D eigenvalue weighted by Crippen LogP contribution is 2.44. The van der Waals surface area contributed by atoms with Crippen molar-refractivity contribution in [2.75, 3.05) is 6.54 Å². The van der Waals surface area contributed by atoms with Crippen LogP contribution in [0.25, 0.3) is 0 Å². The number of aliphatic hydroxyl groups is 1. The molecule has 14 nitrogen and oxygen atoms in total. The van der Waals surface area contributed by atoms with Gasteiger partial charge in [-0.2, -0.15) is 9.78 Å². The number of epoxide rings is 1. The molecule has 1 saturated carbocycles. The molecule has 5 rings (SSSR count). The highest BCUT2D eigenvalue weighted by Gasteiger charge is 2.69. The van der Waals surface area contributed by atoms with Gasteiger partial charge in [0, 0.05) is 18.6 Å². The van der Waals surface area contributed by atoms with Crippen molar-refractivity contribution in [3.63, 3.8) is 0 Å². The predicted molar refractivity (Wildman–Crippen MR) is 130 cm³/mol. The van der Waals surface area contributed by atoms with Crippen LogP contribution in [0.15, 0.2) is 30.3 Å². The normalized spacial score (nSPS) is 42.5. The first kappa shape index (κ1) is 29.4. The first-order valence-corrected chi connectivity index (χ1v) is 13.0. The minimum absolute atomic E-state index is 0.0464. The number of rotatable bonds is 8. The van der Waals surface area contributed by atoms with Gasteiger partial charge in [0.15, 0.2) is 12.4 Å². The van der Waals surface area contributed by atoms with Crippen LogP contribution in [-0.4, -0.2) is 90.8 Å². The molecule has 0 radical (unpaired) electrons. The van der Waals surface area contributed by atoms with Gasteiger partial charge in [0.05, 0.1) is 12.1 Å². The molecule has 40 heavy (non-hydrogen) atoms. The van der Waals surface area contributed by atoms with Gasteiger partial charge in [-0.3, -0.25) is 5.73 Å². The lowest BCUT2D eigenvalue weighted by molar-refractivity contribution is -0.443. The van der Waals surface area contributed by atoms with Gasteiger partial charge >= 0.3 is 12.0 Å². The van der Waals surface area contributed by atoms with Gasteiger partial charge in [0.2, 0.25) is 18.3 Å². The van der Waals surface area contributed by atoms with Crippen molar-refractivity contribution >= 4 is 6.09 Å². The minimum Gasteiger partial charge on any atom is -0.445 e. The van der Waals surface area contributed by atoms with Crippen LogP contribution < -0.4 is 28.3 Å². The maximum atomic E-state index is 15.8. The number of alkyl halides is 2. The van der Waals surface area contributed by atoms with E-state index in [-0.39, 0.29) is 19.6 Å². The van der Waals surface area contributed by atoms with Crippen LogP contribution in [0.5, 0.6) is 0 Å². The van der Waals surface area contributed by atoms with Crippen LogP contribution in [0, 0.1) is 0 Å². The number of hydrogen-bond acceptors (Lipinski definition) is 13. The van der Waals surface area contributed by atoms with E-state index in [0.29, 0.717) is 12.8 Å². The number of nitrogens with one attached hydrogen (secondary N) is 1. The number of aliphatic hydroxyl groups excluding tert-OH is 1. The molecule has 16 heteroatoms. The quantitative estimate of drug-likeness (QED) is 0.160. The summed E-state index contributed by atoms with van der Waals surface area (Å²) in [6.45, 7) is 0.133. The first-order chi connectivity index (χ1) is 19.0. The van der Waals surface area contributed by atoms with Crippen LogP contribution in [0.2, 0.25) is 0 Å². The van der Waals surface area contributed by atoms with E-state index in [1.165, 1.54) is 0 Å². The highest BCUT2D eigenvalue weighted by molar-refractivity contribution is 5.67. The molecule has 1 aromatic carbocycles. The fraction of sp³-hybridized carbons (Fsp3) is 0.708. The Morgan fingerprint density at radius 1 is 1.02 bits per heavy atom. The molecule has 4 aliphatic rings. The number of halogens is 2. The molecule has 4 fully saturated rings.